The molecule has 10 heteroatoms. The fourth-order valence-corrected chi connectivity index (χ4v) is 4.92. The van der Waals surface area contributed by atoms with Crippen molar-refractivity contribution < 1.29 is 14.4 Å². The van der Waals surface area contributed by atoms with Gasteiger partial charge in [-0.05, 0) is 51.6 Å². The number of thiol groups is 1. The van der Waals surface area contributed by atoms with Crippen LogP contribution < -0.4 is 21.3 Å². The predicted molar refractivity (Wildman–Crippen MR) is 155 cm³/mol. The molecule has 0 bridgehead atoms. The predicted octanol–water partition coefficient (Wildman–Crippen LogP) is 3.27. The number of nitrogens with zero attached hydrogens (tertiary/aromatic N) is 1. The van der Waals surface area contributed by atoms with Crippen molar-refractivity contribution in [3.63, 3.8) is 0 Å². The van der Waals surface area contributed by atoms with Crippen LogP contribution in [0.5, 0.6) is 0 Å². The molecule has 5 atom stereocenters. The second-order valence-electron chi connectivity index (χ2n) is 11.4. The smallest absolute Gasteiger partial charge is 0.246 e. The summed E-state index contributed by atoms with van der Waals surface area (Å²) in [4.78, 5) is 41.8. The number of nitrogens with one attached hydrogen (secondary N) is 4. The van der Waals surface area contributed by atoms with E-state index in [0.29, 0.717) is 13.0 Å². The van der Waals surface area contributed by atoms with E-state index in [0.717, 1.165) is 12.0 Å². The lowest BCUT2D eigenvalue weighted by Gasteiger charge is -2.36. The molecular formula is C27H45N5O3S2. The summed E-state index contributed by atoms with van der Waals surface area (Å²) >= 11 is 4.38. The van der Waals surface area contributed by atoms with E-state index in [-0.39, 0.29) is 34.7 Å². The molecule has 0 spiro atoms. The highest BCUT2D eigenvalue weighted by molar-refractivity contribution is 8.69. The molecule has 1 aliphatic rings. The molecule has 3 amide bonds. The van der Waals surface area contributed by atoms with Crippen molar-refractivity contribution in [1.29, 1.82) is 0 Å². The minimum absolute atomic E-state index is 0.0984. The van der Waals surface area contributed by atoms with Crippen LogP contribution in [0.25, 0.3) is 0 Å². The normalized spacial score (nSPS) is 20.7. The second-order valence-corrected chi connectivity index (χ2v) is 13.1. The third-order valence-electron chi connectivity index (χ3n) is 6.82. The first kappa shape index (κ1) is 31.5. The van der Waals surface area contributed by atoms with Crippen molar-refractivity contribution in [2.45, 2.75) is 96.4 Å². The molecule has 8 nitrogen and oxygen atoms in total. The zero-order chi connectivity index (χ0) is 28.0. The summed E-state index contributed by atoms with van der Waals surface area (Å²) in [7, 11) is 3.09. The van der Waals surface area contributed by atoms with Crippen molar-refractivity contribution in [1.82, 2.24) is 26.2 Å². The Balaban J connectivity index is 2.35. The molecule has 37 heavy (non-hydrogen) atoms. The zero-order valence-electron chi connectivity index (χ0n) is 23.4. The van der Waals surface area contributed by atoms with E-state index >= 15 is 0 Å². The first-order valence-corrected chi connectivity index (χ1v) is 14.8. The minimum Gasteiger partial charge on any atom is -0.348 e. The van der Waals surface area contributed by atoms with Gasteiger partial charge in [0.2, 0.25) is 17.7 Å². The molecule has 1 heterocycles. The van der Waals surface area contributed by atoms with Gasteiger partial charge in [-0.1, -0.05) is 68.8 Å². The van der Waals surface area contributed by atoms with Gasteiger partial charge >= 0.3 is 0 Å². The third-order valence-corrected chi connectivity index (χ3v) is 8.76. The Labute approximate surface area is 231 Å². The number of rotatable bonds is 11. The first-order chi connectivity index (χ1) is 17.2. The lowest BCUT2D eigenvalue weighted by molar-refractivity contribution is -0.144. The van der Waals surface area contributed by atoms with Crippen molar-refractivity contribution >= 4 is 40.2 Å². The molecule has 0 saturated carbocycles. The molecule has 0 radical (unpaired) electrons. The van der Waals surface area contributed by atoms with Crippen LogP contribution in [0.3, 0.4) is 0 Å². The lowest BCUT2D eigenvalue weighted by Crippen LogP contribution is -2.59. The summed E-state index contributed by atoms with van der Waals surface area (Å²) in [5.41, 5.74) is 0.473. The van der Waals surface area contributed by atoms with E-state index in [1.54, 1.807) is 18.9 Å². The number of likely N-dealkylation sites (N-methyl/N-ethyl adjacent to an activating group) is 1. The minimum atomic E-state index is -0.784. The van der Waals surface area contributed by atoms with Crippen LogP contribution in [0.2, 0.25) is 0 Å². The maximum atomic E-state index is 14.0. The number of hydrogen-bond acceptors (Lipinski definition) is 7. The highest BCUT2D eigenvalue weighted by Gasteiger charge is 2.46. The summed E-state index contributed by atoms with van der Waals surface area (Å²) in [5, 5.41) is 12.6. The SMILES string of the molecule is CC[C@@H](NC(=O)[C@@H]1C[C@H](NC(C)(C)SS)CN1C(=O)[C@@H](NC(=O)[C@H](C)NC)C(C)(C)C)c1ccccc1. The van der Waals surface area contributed by atoms with Crippen LogP contribution in [0.1, 0.15) is 72.9 Å². The van der Waals surface area contributed by atoms with Gasteiger partial charge in [0, 0.05) is 12.6 Å². The Morgan fingerprint density at radius 1 is 1.11 bits per heavy atom. The number of benzene rings is 1. The molecule has 1 fully saturated rings. The van der Waals surface area contributed by atoms with Gasteiger partial charge in [-0.25, -0.2) is 0 Å². The fraction of sp³-hybridized carbons (Fsp3) is 0.667. The van der Waals surface area contributed by atoms with Gasteiger partial charge in [-0.15, -0.1) is 11.7 Å². The molecule has 2 rings (SSSR count). The first-order valence-electron chi connectivity index (χ1n) is 13.0. The summed E-state index contributed by atoms with van der Waals surface area (Å²) in [6, 6.07) is 7.70. The van der Waals surface area contributed by atoms with Gasteiger partial charge in [0.15, 0.2) is 0 Å². The number of amides is 3. The number of carbonyl (C=O) groups is 3. The molecule has 0 aromatic heterocycles. The van der Waals surface area contributed by atoms with Gasteiger partial charge in [-0.2, -0.15) is 0 Å². The van der Waals surface area contributed by atoms with Crippen molar-refractivity contribution in [2.75, 3.05) is 13.6 Å². The number of hydrogen-bond donors (Lipinski definition) is 5. The summed E-state index contributed by atoms with van der Waals surface area (Å²) in [6.45, 7) is 13.9. The zero-order valence-corrected chi connectivity index (χ0v) is 25.1. The number of likely N-dealkylation sites (tertiary alicyclic amines) is 1. The van der Waals surface area contributed by atoms with Crippen LogP contribution in [0, 0.1) is 5.41 Å². The summed E-state index contributed by atoms with van der Waals surface area (Å²) in [6.07, 6.45) is 1.20. The maximum Gasteiger partial charge on any atom is 0.246 e. The highest BCUT2D eigenvalue weighted by Crippen LogP contribution is 2.31. The Kier molecular flexibility index (Phi) is 11.4. The Morgan fingerprint density at radius 3 is 2.24 bits per heavy atom. The maximum absolute atomic E-state index is 14.0. The lowest BCUT2D eigenvalue weighted by atomic mass is 9.85. The molecule has 0 aliphatic carbocycles. The molecule has 4 N–H and O–H groups in total. The van der Waals surface area contributed by atoms with Gasteiger partial charge in [0.1, 0.15) is 12.1 Å². The van der Waals surface area contributed by atoms with Crippen LogP contribution in [0.4, 0.5) is 0 Å². The Bertz CT molecular complexity index is 922. The van der Waals surface area contributed by atoms with E-state index in [4.69, 9.17) is 0 Å². The van der Waals surface area contributed by atoms with E-state index in [1.165, 1.54) is 10.8 Å². The second kappa shape index (κ2) is 13.4. The van der Waals surface area contributed by atoms with Crippen LogP contribution >= 0.6 is 22.5 Å². The van der Waals surface area contributed by atoms with Crippen molar-refractivity contribution in [2.24, 2.45) is 5.41 Å². The van der Waals surface area contributed by atoms with E-state index < -0.39 is 23.5 Å². The number of carbonyl (C=O) groups excluding carboxylic acids is 3. The average molecular weight is 552 g/mol. The third kappa shape index (κ3) is 8.63. The summed E-state index contributed by atoms with van der Waals surface area (Å²) < 4.78 is 0. The standard InChI is InChI=1S/C27H45N5O3S2/c1-9-20(18-13-11-10-12-14-18)29-24(34)21-15-19(31-27(6,7)37-36)16-32(21)25(35)22(26(3,4)5)30-23(33)17(2)28-8/h10-14,17,19-22,28,31,36H,9,15-16H2,1-8H3,(H,29,34)(H,30,33)/t17-,19-,20+,21-,22+/m0/s1. The molecule has 1 saturated heterocycles. The quantitative estimate of drug-likeness (QED) is 0.164. The van der Waals surface area contributed by atoms with E-state index in [2.05, 4.69) is 32.9 Å². The highest BCUT2D eigenvalue weighted by atomic mass is 33.1. The van der Waals surface area contributed by atoms with Gasteiger partial charge in [-0.3, -0.25) is 19.7 Å². The van der Waals surface area contributed by atoms with Crippen LogP contribution in [0.15, 0.2) is 30.3 Å². The van der Waals surface area contributed by atoms with Crippen molar-refractivity contribution in [3.05, 3.63) is 35.9 Å². The van der Waals surface area contributed by atoms with E-state index in [1.807, 2.05) is 71.9 Å². The molecular weight excluding hydrogens is 506 g/mol. The van der Waals surface area contributed by atoms with Crippen molar-refractivity contribution in [3.8, 4) is 0 Å². The monoisotopic (exact) mass is 551 g/mol. The molecule has 1 aromatic carbocycles. The van der Waals surface area contributed by atoms with Crippen LogP contribution in [-0.2, 0) is 14.4 Å². The van der Waals surface area contributed by atoms with Gasteiger partial charge in [0.25, 0.3) is 0 Å². The molecule has 0 unspecified atom stereocenters. The van der Waals surface area contributed by atoms with Gasteiger partial charge in [0.05, 0.1) is 17.0 Å². The molecule has 208 valence electrons. The topological polar surface area (TPSA) is 103 Å². The van der Waals surface area contributed by atoms with E-state index in [9.17, 15) is 14.4 Å². The fourth-order valence-electron chi connectivity index (χ4n) is 4.54. The Morgan fingerprint density at radius 2 is 1.73 bits per heavy atom. The summed E-state index contributed by atoms with van der Waals surface area (Å²) in [5.74, 6) is -0.696. The Hall–Kier alpha value is -1.75. The van der Waals surface area contributed by atoms with Gasteiger partial charge < -0.3 is 20.9 Å². The molecule has 1 aromatic rings. The largest absolute Gasteiger partial charge is 0.348 e. The molecule has 1 aliphatic heterocycles. The van der Waals surface area contributed by atoms with Crippen LogP contribution in [-0.4, -0.2) is 65.3 Å². The average Bonchev–Trinajstić information content (AvgIpc) is 3.27.